The Morgan fingerprint density at radius 1 is 1.16 bits per heavy atom. The van der Waals surface area contributed by atoms with Gasteiger partial charge in [0.15, 0.2) is 0 Å². The number of nitrogens with zero attached hydrogens (tertiary/aromatic N) is 4. The number of hydrogen-bond donors (Lipinski definition) is 2. The molecule has 0 aliphatic heterocycles. The number of amides is 1. The highest BCUT2D eigenvalue weighted by Crippen LogP contribution is 2.16. The third-order valence-corrected chi connectivity index (χ3v) is 5.39. The molecular weight excluding hydrogens is 428 g/mol. The van der Waals surface area contributed by atoms with Crippen LogP contribution >= 0.6 is 12.2 Å². The molecule has 4 aromatic rings. The number of nitrogens with one attached hydrogen (secondary N) is 2. The van der Waals surface area contributed by atoms with E-state index in [0.717, 1.165) is 28.1 Å². The SMILES string of the molecule is COc1ccc(Cc2nn3c(=S)n(CC(=O)Nc4ccc(C)cc4C)nc3[nH]c2=O)cc1. The second-order valence-electron chi connectivity index (χ2n) is 7.47. The summed E-state index contributed by atoms with van der Waals surface area (Å²) in [5.41, 5.74) is 3.63. The lowest BCUT2D eigenvalue weighted by molar-refractivity contribution is -0.116. The maximum absolute atomic E-state index is 12.5. The van der Waals surface area contributed by atoms with E-state index in [2.05, 4.69) is 20.5 Å². The van der Waals surface area contributed by atoms with Crippen LogP contribution in [0.25, 0.3) is 5.78 Å². The molecule has 4 rings (SSSR count). The van der Waals surface area contributed by atoms with Gasteiger partial charge in [0.05, 0.1) is 7.11 Å². The number of anilines is 1. The van der Waals surface area contributed by atoms with E-state index in [1.165, 1.54) is 9.20 Å². The zero-order valence-electron chi connectivity index (χ0n) is 17.9. The van der Waals surface area contributed by atoms with Gasteiger partial charge >= 0.3 is 0 Å². The lowest BCUT2D eigenvalue weighted by atomic mass is 10.1. The molecule has 0 saturated heterocycles. The van der Waals surface area contributed by atoms with E-state index in [0.29, 0.717) is 6.42 Å². The number of hydrogen-bond acceptors (Lipinski definition) is 6. The van der Waals surface area contributed by atoms with Gasteiger partial charge in [0.1, 0.15) is 18.0 Å². The average Bonchev–Trinajstić information content (AvgIpc) is 3.05. The van der Waals surface area contributed by atoms with Crippen molar-refractivity contribution in [3.63, 3.8) is 0 Å². The summed E-state index contributed by atoms with van der Waals surface area (Å²) < 4.78 is 8.06. The molecule has 9 nitrogen and oxygen atoms in total. The summed E-state index contributed by atoms with van der Waals surface area (Å²) in [4.78, 5) is 27.7. The Balaban J connectivity index is 1.57. The summed E-state index contributed by atoms with van der Waals surface area (Å²) in [6.45, 7) is 3.81. The van der Waals surface area contributed by atoms with E-state index in [9.17, 15) is 9.59 Å². The van der Waals surface area contributed by atoms with Gasteiger partial charge in [-0.25, -0.2) is 4.68 Å². The molecule has 0 bridgehead atoms. The third kappa shape index (κ3) is 4.45. The van der Waals surface area contributed by atoms with Gasteiger partial charge < -0.3 is 10.1 Å². The minimum Gasteiger partial charge on any atom is -0.497 e. The smallest absolute Gasteiger partial charge is 0.274 e. The molecular formula is C22H22N6O3S. The second kappa shape index (κ2) is 8.75. The molecule has 2 heterocycles. The number of carbonyl (C=O) groups excluding carboxylic acids is 1. The van der Waals surface area contributed by atoms with Crippen molar-refractivity contribution >= 4 is 29.6 Å². The van der Waals surface area contributed by atoms with Crippen molar-refractivity contribution in [1.29, 1.82) is 0 Å². The Labute approximate surface area is 188 Å². The number of fused-ring (bicyclic) bond motifs is 1. The number of aromatic nitrogens is 5. The van der Waals surface area contributed by atoms with Crippen LogP contribution in [0, 0.1) is 18.6 Å². The topological polar surface area (TPSA) is 106 Å². The molecule has 10 heteroatoms. The molecule has 164 valence electrons. The summed E-state index contributed by atoms with van der Waals surface area (Å²) in [7, 11) is 1.59. The largest absolute Gasteiger partial charge is 0.497 e. The minimum absolute atomic E-state index is 0.106. The summed E-state index contributed by atoms with van der Waals surface area (Å²) in [6.07, 6.45) is 0.315. The first-order chi connectivity index (χ1) is 15.3. The lowest BCUT2D eigenvalue weighted by Crippen LogP contribution is -2.20. The van der Waals surface area contributed by atoms with Crippen molar-refractivity contribution in [2.24, 2.45) is 0 Å². The van der Waals surface area contributed by atoms with Gasteiger partial charge in [-0.2, -0.15) is 9.61 Å². The fraction of sp³-hybridized carbons (Fsp3) is 0.227. The molecule has 0 radical (unpaired) electrons. The Hall–Kier alpha value is -3.79. The van der Waals surface area contributed by atoms with Gasteiger partial charge in [-0.05, 0) is 55.4 Å². The number of aryl methyl sites for hydroxylation is 2. The zero-order valence-corrected chi connectivity index (χ0v) is 18.7. The van der Waals surface area contributed by atoms with Crippen LogP contribution in [0.3, 0.4) is 0 Å². The number of rotatable bonds is 6. The highest BCUT2D eigenvalue weighted by atomic mass is 32.1. The molecule has 32 heavy (non-hydrogen) atoms. The van der Waals surface area contributed by atoms with Crippen LogP contribution in [0.2, 0.25) is 0 Å². The first kappa shape index (κ1) is 21.4. The number of H-pyrrole nitrogens is 1. The van der Waals surface area contributed by atoms with Gasteiger partial charge in [-0.15, -0.1) is 5.10 Å². The Kier molecular flexibility index (Phi) is 5.87. The fourth-order valence-electron chi connectivity index (χ4n) is 3.34. The normalized spacial score (nSPS) is 11.0. The molecule has 1 amide bonds. The fourth-order valence-corrected chi connectivity index (χ4v) is 3.57. The van der Waals surface area contributed by atoms with Crippen molar-refractivity contribution in [2.75, 3.05) is 12.4 Å². The van der Waals surface area contributed by atoms with Crippen molar-refractivity contribution < 1.29 is 9.53 Å². The van der Waals surface area contributed by atoms with Crippen LogP contribution in [0.1, 0.15) is 22.4 Å². The van der Waals surface area contributed by atoms with E-state index < -0.39 is 0 Å². The Morgan fingerprint density at radius 2 is 1.91 bits per heavy atom. The maximum Gasteiger partial charge on any atom is 0.274 e. The van der Waals surface area contributed by atoms with Gasteiger partial charge in [-0.3, -0.25) is 14.6 Å². The van der Waals surface area contributed by atoms with Crippen LogP contribution in [0.4, 0.5) is 5.69 Å². The van der Waals surface area contributed by atoms with Crippen LogP contribution < -0.4 is 15.6 Å². The van der Waals surface area contributed by atoms with Crippen molar-refractivity contribution in [2.45, 2.75) is 26.8 Å². The number of benzene rings is 2. The lowest BCUT2D eigenvalue weighted by Gasteiger charge is -2.08. The summed E-state index contributed by atoms with van der Waals surface area (Å²) in [6, 6.07) is 13.1. The molecule has 2 aromatic heterocycles. The number of methoxy groups -OCH3 is 1. The van der Waals surface area contributed by atoms with Crippen LogP contribution in [-0.2, 0) is 17.8 Å². The van der Waals surface area contributed by atoms with Gasteiger partial charge in [0.2, 0.25) is 10.7 Å². The van der Waals surface area contributed by atoms with Crippen molar-refractivity contribution in [3.8, 4) is 5.75 Å². The second-order valence-corrected chi connectivity index (χ2v) is 7.83. The molecule has 0 spiro atoms. The van der Waals surface area contributed by atoms with Crippen LogP contribution in [0.5, 0.6) is 5.75 Å². The summed E-state index contributed by atoms with van der Waals surface area (Å²) in [5.74, 6) is 0.628. The first-order valence-electron chi connectivity index (χ1n) is 9.93. The Morgan fingerprint density at radius 3 is 2.59 bits per heavy atom. The predicted octanol–water partition coefficient (Wildman–Crippen LogP) is 2.80. The average molecular weight is 451 g/mol. The number of ether oxygens (including phenoxy) is 1. The maximum atomic E-state index is 12.5. The molecule has 0 aliphatic rings. The van der Waals surface area contributed by atoms with Gasteiger partial charge in [0.25, 0.3) is 11.3 Å². The van der Waals surface area contributed by atoms with Gasteiger partial charge in [0, 0.05) is 12.1 Å². The first-order valence-corrected chi connectivity index (χ1v) is 10.3. The van der Waals surface area contributed by atoms with E-state index in [4.69, 9.17) is 17.0 Å². The molecule has 0 unspecified atom stereocenters. The zero-order chi connectivity index (χ0) is 22.8. The van der Waals surface area contributed by atoms with E-state index >= 15 is 0 Å². The number of aromatic amines is 1. The Bertz CT molecular complexity index is 1420. The predicted molar refractivity (Wildman–Crippen MR) is 123 cm³/mol. The molecule has 0 aliphatic carbocycles. The highest BCUT2D eigenvalue weighted by molar-refractivity contribution is 7.71. The van der Waals surface area contributed by atoms with Crippen molar-refractivity contribution in [3.05, 3.63) is 80.0 Å². The molecule has 0 fully saturated rings. The van der Waals surface area contributed by atoms with Crippen LogP contribution in [-0.4, -0.2) is 37.4 Å². The van der Waals surface area contributed by atoms with Gasteiger partial charge in [-0.1, -0.05) is 29.8 Å². The number of carbonyl (C=O) groups is 1. The van der Waals surface area contributed by atoms with E-state index in [-0.39, 0.29) is 34.3 Å². The minimum atomic E-state index is -0.361. The molecule has 2 aromatic carbocycles. The molecule has 2 N–H and O–H groups in total. The molecule has 0 saturated carbocycles. The molecule has 0 atom stereocenters. The summed E-state index contributed by atoms with van der Waals surface area (Å²) >= 11 is 5.44. The van der Waals surface area contributed by atoms with E-state index in [1.807, 2.05) is 56.3 Å². The monoisotopic (exact) mass is 450 g/mol. The van der Waals surface area contributed by atoms with Crippen LogP contribution in [0.15, 0.2) is 47.3 Å². The van der Waals surface area contributed by atoms with Crippen molar-refractivity contribution in [1.82, 2.24) is 24.4 Å². The standard InChI is InChI=1S/C22H22N6O3S/c1-13-4-9-17(14(2)10-13)23-19(29)12-27-22(32)28-21(26-27)24-20(30)18(25-28)11-15-5-7-16(31-3)8-6-15/h4-10H,11-12H2,1-3H3,(H,23,29)(H,24,26,30). The highest BCUT2D eigenvalue weighted by Gasteiger charge is 2.14. The quantitative estimate of drug-likeness (QED) is 0.438. The van der Waals surface area contributed by atoms with E-state index in [1.54, 1.807) is 7.11 Å². The summed E-state index contributed by atoms with van der Waals surface area (Å²) in [5, 5.41) is 11.5. The third-order valence-electron chi connectivity index (χ3n) is 5.01.